The van der Waals surface area contributed by atoms with Crippen molar-refractivity contribution >= 4 is 50.6 Å². The van der Waals surface area contributed by atoms with Crippen molar-refractivity contribution in [2.75, 3.05) is 18.0 Å². The van der Waals surface area contributed by atoms with Crippen LogP contribution in [0.5, 0.6) is 0 Å². The van der Waals surface area contributed by atoms with Gasteiger partial charge in [0.1, 0.15) is 22.7 Å². The molecule has 1 aromatic carbocycles. The summed E-state index contributed by atoms with van der Waals surface area (Å²) in [6.07, 6.45) is -4.67. The first kappa shape index (κ1) is 17.1. The summed E-state index contributed by atoms with van der Waals surface area (Å²) in [4.78, 5) is 16.5. The van der Waals surface area contributed by atoms with Crippen LogP contribution in [0.4, 0.5) is 19.2 Å². The van der Waals surface area contributed by atoms with E-state index in [1.165, 1.54) is 0 Å². The third kappa shape index (κ3) is 2.76. The van der Waals surface area contributed by atoms with Gasteiger partial charge in [-0.15, -0.1) is 0 Å². The van der Waals surface area contributed by atoms with Crippen LogP contribution < -0.4 is 10.2 Å². The Morgan fingerprint density at radius 1 is 1.54 bits per heavy atom. The number of alkyl halides is 3. The van der Waals surface area contributed by atoms with Gasteiger partial charge in [-0.3, -0.25) is 0 Å². The molecule has 0 radical (unpaired) electrons. The van der Waals surface area contributed by atoms with E-state index < -0.39 is 22.8 Å². The Labute approximate surface area is 147 Å². The smallest absolute Gasteiger partial charge is 0.420 e. The minimum Gasteiger partial charge on any atom is -0.422 e. The molecule has 10 heteroatoms. The van der Waals surface area contributed by atoms with E-state index in [0.29, 0.717) is 13.1 Å². The molecule has 1 N–H and O–H groups in total. The van der Waals surface area contributed by atoms with Gasteiger partial charge in [0.2, 0.25) is 0 Å². The maximum atomic E-state index is 13.3. The van der Waals surface area contributed by atoms with E-state index in [1.54, 1.807) is 17.8 Å². The van der Waals surface area contributed by atoms with Crippen molar-refractivity contribution in [2.45, 2.75) is 19.1 Å². The van der Waals surface area contributed by atoms with Gasteiger partial charge in [0.05, 0.1) is 15.5 Å². The van der Waals surface area contributed by atoms with Gasteiger partial charge in [-0.2, -0.15) is 18.2 Å². The lowest BCUT2D eigenvalue weighted by Gasteiger charge is -2.33. The van der Waals surface area contributed by atoms with Crippen LogP contribution in [0, 0.1) is 0 Å². The molecule has 1 aliphatic heterocycles. The fourth-order valence-corrected chi connectivity index (χ4v) is 3.52. The Morgan fingerprint density at radius 2 is 2.25 bits per heavy atom. The van der Waals surface area contributed by atoms with Gasteiger partial charge in [-0.25, -0.2) is 4.79 Å². The molecule has 1 unspecified atom stereocenters. The molecule has 24 heavy (non-hydrogen) atoms. The molecule has 0 spiro atoms. The zero-order chi connectivity index (χ0) is 17.6. The highest BCUT2D eigenvalue weighted by molar-refractivity contribution is 9.10. The fourth-order valence-electron chi connectivity index (χ4n) is 2.59. The van der Waals surface area contributed by atoms with E-state index in [0.717, 1.165) is 6.07 Å². The molecule has 0 bridgehead atoms. The third-order valence-electron chi connectivity index (χ3n) is 3.75. The number of aromatic nitrogens is 1. The largest absolute Gasteiger partial charge is 0.422 e. The minimum atomic E-state index is -4.67. The summed E-state index contributed by atoms with van der Waals surface area (Å²) >= 11 is 8.89. The van der Waals surface area contributed by atoms with Gasteiger partial charge < -0.3 is 14.6 Å². The quantitative estimate of drug-likeness (QED) is 0.706. The zero-order valence-electron chi connectivity index (χ0n) is 12.2. The number of piperazine rings is 1. The van der Waals surface area contributed by atoms with E-state index in [4.69, 9.17) is 16.0 Å². The highest BCUT2D eigenvalue weighted by Gasteiger charge is 2.39. The number of rotatable bonds is 1. The van der Waals surface area contributed by atoms with E-state index in [1.807, 2.05) is 0 Å². The Balaban J connectivity index is 2.18. The van der Waals surface area contributed by atoms with Crippen LogP contribution in [0.15, 0.2) is 20.7 Å². The highest BCUT2D eigenvalue weighted by atomic mass is 79.9. The normalized spacial score (nSPS) is 18.7. The van der Waals surface area contributed by atoms with Crippen molar-refractivity contribution in [3.63, 3.8) is 0 Å². The minimum absolute atomic E-state index is 0.0137. The number of nitrogens with zero attached hydrogens (tertiary/aromatic N) is 2. The Bertz CT molecular complexity index is 861. The number of anilines is 1. The molecule has 1 fully saturated rings. The van der Waals surface area contributed by atoms with Crippen molar-refractivity contribution in [3.8, 4) is 0 Å². The Morgan fingerprint density at radius 3 is 2.88 bits per heavy atom. The van der Waals surface area contributed by atoms with Crippen LogP contribution in [-0.4, -0.2) is 30.1 Å². The topological polar surface area (TPSA) is 58.4 Å². The Hall–Kier alpha value is -1.70. The molecule has 0 amide bonds. The summed E-state index contributed by atoms with van der Waals surface area (Å²) in [6.45, 7) is 2.53. The van der Waals surface area contributed by atoms with E-state index in [9.17, 15) is 18.0 Å². The summed E-state index contributed by atoms with van der Waals surface area (Å²) in [5, 5.41) is 2.41. The van der Waals surface area contributed by atoms with Crippen molar-refractivity contribution < 1.29 is 22.4 Å². The highest BCUT2D eigenvalue weighted by Crippen LogP contribution is 2.43. The summed E-state index contributed by atoms with van der Waals surface area (Å²) in [6, 6.07) is 0.660. The fraction of sp³-hybridized carbons (Fsp3) is 0.357. The third-order valence-corrected chi connectivity index (χ3v) is 4.64. The maximum absolute atomic E-state index is 13.3. The number of fused-ring (bicyclic) bond motifs is 1. The first-order chi connectivity index (χ1) is 11.2. The second-order valence-corrected chi connectivity index (χ2v) is 6.46. The van der Waals surface area contributed by atoms with Crippen LogP contribution in [0.2, 0.25) is 5.02 Å². The van der Waals surface area contributed by atoms with E-state index >= 15 is 0 Å². The Kier molecular flexibility index (Phi) is 4.27. The predicted molar refractivity (Wildman–Crippen MR) is 85.7 cm³/mol. The van der Waals surface area contributed by atoms with Gasteiger partial charge in [-0.05, 0) is 28.9 Å². The van der Waals surface area contributed by atoms with Crippen molar-refractivity contribution in [3.05, 3.63) is 26.8 Å². The first-order valence-electron chi connectivity index (χ1n) is 6.85. The van der Waals surface area contributed by atoms with Crippen LogP contribution in [0.25, 0.3) is 11.1 Å². The second-order valence-electron chi connectivity index (χ2n) is 5.20. The molecule has 0 saturated carbocycles. The van der Waals surface area contributed by atoms with Crippen LogP contribution in [0.3, 0.4) is 0 Å². The number of benzene rings is 1. The molecular weight excluding hydrogens is 415 g/mol. The molecule has 1 aromatic heterocycles. The lowest BCUT2D eigenvalue weighted by molar-refractivity contribution is -0.136. The lowest BCUT2D eigenvalue weighted by Crippen LogP contribution is -2.48. The molecule has 1 saturated heterocycles. The standard InChI is InChI=1S/C14H10BrClF3N3O2/c1-6-9(5-23)20-2-3-22(6)13-21-11-10(14(17,18)19)8(16)4-7(15)12(11)24-13/h4,6,20H,2-3H2,1H3. The summed E-state index contributed by atoms with van der Waals surface area (Å²) in [7, 11) is 0. The van der Waals surface area contributed by atoms with E-state index in [-0.39, 0.29) is 27.3 Å². The average molecular weight is 425 g/mol. The number of nitrogens with one attached hydrogen (secondary N) is 1. The van der Waals surface area contributed by atoms with Crippen LogP contribution >= 0.6 is 27.5 Å². The van der Waals surface area contributed by atoms with Gasteiger partial charge in [0, 0.05) is 13.1 Å². The van der Waals surface area contributed by atoms with Gasteiger partial charge >= 0.3 is 6.18 Å². The number of halogens is 5. The molecule has 1 aliphatic rings. The molecular formula is C14H10BrClF3N3O2. The first-order valence-corrected chi connectivity index (χ1v) is 8.02. The van der Waals surface area contributed by atoms with Crippen molar-refractivity contribution in [1.82, 2.24) is 10.3 Å². The van der Waals surface area contributed by atoms with E-state index in [2.05, 4.69) is 26.2 Å². The summed E-state index contributed by atoms with van der Waals surface area (Å²) in [5.41, 5.74) is -1.19. The molecule has 0 aliphatic carbocycles. The van der Waals surface area contributed by atoms with Crippen molar-refractivity contribution in [1.29, 1.82) is 0 Å². The lowest BCUT2D eigenvalue weighted by atomic mass is 10.2. The molecule has 3 rings (SSSR count). The molecule has 1 atom stereocenters. The number of hydrogen-bond acceptors (Lipinski definition) is 5. The second kappa shape index (κ2) is 5.98. The SMILES string of the molecule is CC1C(=C=O)NCCN1c1nc2c(C(F)(F)F)c(Cl)cc(Br)c2o1. The van der Waals surface area contributed by atoms with Gasteiger partial charge in [0.15, 0.2) is 5.58 Å². The molecule has 128 valence electrons. The number of hydrogen-bond donors (Lipinski definition) is 1. The van der Waals surface area contributed by atoms with Gasteiger partial charge in [-0.1, -0.05) is 11.6 Å². The summed E-state index contributed by atoms with van der Waals surface area (Å²) in [5.74, 6) is 1.78. The zero-order valence-corrected chi connectivity index (χ0v) is 14.5. The van der Waals surface area contributed by atoms with Gasteiger partial charge in [0.25, 0.3) is 6.01 Å². The maximum Gasteiger partial charge on any atom is 0.420 e. The van der Waals surface area contributed by atoms with Crippen LogP contribution in [0.1, 0.15) is 12.5 Å². The molecule has 2 heterocycles. The van der Waals surface area contributed by atoms with Crippen molar-refractivity contribution in [2.24, 2.45) is 0 Å². The molecule has 2 aromatic rings. The molecule has 5 nitrogen and oxygen atoms in total. The predicted octanol–water partition coefficient (Wildman–Crippen LogP) is 3.78. The number of carbonyl (C=O) groups excluding carboxylic acids is 1. The van der Waals surface area contributed by atoms with Crippen LogP contribution in [-0.2, 0) is 11.0 Å². The number of oxazole rings is 1. The summed E-state index contributed by atoms with van der Waals surface area (Å²) < 4.78 is 45.7. The average Bonchev–Trinajstić information content (AvgIpc) is 2.90. The monoisotopic (exact) mass is 423 g/mol.